The van der Waals surface area contributed by atoms with Crippen LogP contribution in [-0.4, -0.2) is 26.6 Å². The van der Waals surface area contributed by atoms with Crippen LogP contribution < -0.4 is 9.46 Å². The summed E-state index contributed by atoms with van der Waals surface area (Å²) < 4.78 is 33.9. The number of rotatable bonds is 7. The summed E-state index contributed by atoms with van der Waals surface area (Å²) in [6, 6.07) is 18.7. The van der Waals surface area contributed by atoms with Gasteiger partial charge >= 0.3 is 5.97 Å². The van der Waals surface area contributed by atoms with E-state index in [1.807, 2.05) is 30.3 Å². The number of hydrogen-bond acceptors (Lipinski definition) is 4. The Bertz CT molecular complexity index is 1140. The Labute approximate surface area is 169 Å². The Balaban J connectivity index is 2.04. The topological polar surface area (TPSA) is 92.7 Å². The first-order valence-corrected chi connectivity index (χ1v) is 10.4. The summed E-state index contributed by atoms with van der Waals surface area (Å²) in [4.78, 5) is 11.6. The first-order chi connectivity index (χ1) is 13.8. The third kappa shape index (κ3) is 4.75. The maximum atomic E-state index is 13.1. The van der Waals surface area contributed by atoms with Crippen molar-refractivity contribution in [1.82, 2.24) is 0 Å². The molecule has 29 heavy (non-hydrogen) atoms. The summed E-state index contributed by atoms with van der Waals surface area (Å²) in [6.07, 6.45) is 0.383. The van der Waals surface area contributed by atoms with Crippen LogP contribution in [0.3, 0.4) is 0 Å². The summed E-state index contributed by atoms with van der Waals surface area (Å²) in [6.45, 7) is 1.74. The van der Waals surface area contributed by atoms with Crippen molar-refractivity contribution in [2.24, 2.45) is 0 Å². The minimum atomic E-state index is -4.03. The van der Waals surface area contributed by atoms with Gasteiger partial charge in [0.25, 0.3) is 10.0 Å². The number of ether oxygens (including phenoxy) is 1. The lowest BCUT2D eigenvalue weighted by Gasteiger charge is -2.15. The first-order valence-electron chi connectivity index (χ1n) is 8.88. The van der Waals surface area contributed by atoms with Gasteiger partial charge in [0.2, 0.25) is 0 Å². The second-order valence-electron chi connectivity index (χ2n) is 6.60. The van der Waals surface area contributed by atoms with Crippen LogP contribution in [0.5, 0.6) is 5.75 Å². The van der Waals surface area contributed by atoms with E-state index in [4.69, 9.17) is 4.74 Å². The third-order valence-corrected chi connectivity index (χ3v) is 5.91. The Hall–Kier alpha value is -3.32. The van der Waals surface area contributed by atoms with E-state index in [1.165, 1.54) is 25.3 Å². The van der Waals surface area contributed by atoms with E-state index in [-0.39, 0.29) is 16.1 Å². The van der Waals surface area contributed by atoms with Gasteiger partial charge in [0.15, 0.2) is 0 Å². The molecule has 0 saturated heterocycles. The molecule has 0 aliphatic heterocycles. The van der Waals surface area contributed by atoms with Gasteiger partial charge in [-0.15, -0.1) is 0 Å². The summed E-state index contributed by atoms with van der Waals surface area (Å²) in [5.41, 5.74) is 2.13. The predicted octanol–water partition coefficient (Wildman–Crippen LogP) is 4.09. The maximum absolute atomic E-state index is 13.1. The van der Waals surface area contributed by atoms with E-state index in [2.05, 4.69) is 4.72 Å². The van der Waals surface area contributed by atoms with Gasteiger partial charge in [0.1, 0.15) is 5.75 Å². The van der Waals surface area contributed by atoms with Crippen LogP contribution in [0.2, 0.25) is 0 Å². The van der Waals surface area contributed by atoms with Crippen molar-refractivity contribution >= 4 is 21.7 Å². The lowest BCUT2D eigenvalue weighted by atomic mass is 10.0. The van der Waals surface area contributed by atoms with Gasteiger partial charge < -0.3 is 9.84 Å². The molecule has 0 aromatic heterocycles. The molecule has 3 aromatic rings. The van der Waals surface area contributed by atoms with Crippen LogP contribution in [0.25, 0.3) is 0 Å². The van der Waals surface area contributed by atoms with Crippen LogP contribution in [0.4, 0.5) is 5.69 Å². The highest BCUT2D eigenvalue weighted by Crippen LogP contribution is 2.27. The molecule has 0 bridgehead atoms. The second kappa shape index (κ2) is 8.36. The van der Waals surface area contributed by atoms with Crippen molar-refractivity contribution in [1.29, 1.82) is 0 Å². The molecule has 0 aliphatic rings. The zero-order valence-corrected chi connectivity index (χ0v) is 16.9. The molecule has 0 amide bonds. The van der Waals surface area contributed by atoms with Crippen molar-refractivity contribution in [3.63, 3.8) is 0 Å². The number of anilines is 1. The lowest BCUT2D eigenvalue weighted by Crippen LogP contribution is -2.17. The van der Waals surface area contributed by atoms with Crippen LogP contribution in [-0.2, 0) is 16.4 Å². The number of carbonyl (C=O) groups is 1. The third-order valence-electron chi connectivity index (χ3n) is 4.44. The molecule has 0 heterocycles. The second-order valence-corrected chi connectivity index (χ2v) is 8.25. The highest BCUT2D eigenvalue weighted by Gasteiger charge is 2.22. The van der Waals surface area contributed by atoms with Crippen molar-refractivity contribution in [3.05, 3.63) is 89.0 Å². The Morgan fingerprint density at radius 2 is 1.76 bits per heavy atom. The molecule has 3 rings (SSSR count). The average molecular weight is 411 g/mol. The Kier molecular flexibility index (Phi) is 5.89. The van der Waals surface area contributed by atoms with E-state index in [0.29, 0.717) is 17.7 Å². The fourth-order valence-electron chi connectivity index (χ4n) is 3.02. The summed E-state index contributed by atoms with van der Waals surface area (Å²) >= 11 is 0. The fraction of sp³-hybridized carbons (Fsp3) is 0.136. The van der Waals surface area contributed by atoms with Gasteiger partial charge in [-0.2, -0.15) is 0 Å². The maximum Gasteiger partial charge on any atom is 0.337 e. The van der Waals surface area contributed by atoms with E-state index in [9.17, 15) is 18.3 Å². The van der Waals surface area contributed by atoms with E-state index in [0.717, 1.165) is 11.1 Å². The number of carboxylic acids is 1. The van der Waals surface area contributed by atoms with E-state index in [1.54, 1.807) is 25.1 Å². The summed E-state index contributed by atoms with van der Waals surface area (Å²) in [5, 5.41) is 9.42. The number of sulfonamides is 1. The molecule has 0 spiro atoms. The van der Waals surface area contributed by atoms with Crippen LogP contribution in [0.15, 0.2) is 71.6 Å². The van der Waals surface area contributed by atoms with E-state index < -0.39 is 16.0 Å². The van der Waals surface area contributed by atoms with Crippen molar-refractivity contribution < 1.29 is 23.1 Å². The quantitative estimate of drug-likeness (QED) is 0.611. The molecule has 2 N–H and O–H groups in total. The zero-order valence-electron chi connectivity index (χ0n) is 16.0. The number of aryl methyl sites for hydroxylation is 1. The molecule has 0 radical (unpaired) electrons. The predicted molar refractivity (Wildman–Crippen MR) is 111 cm³/mol. The largest absolute Gasteiger partial charge is 0.497 e. The molecule has 150 valence electrons. The molecule has 0 saturated carbocycles. The number of aromatic carboxylic acids is 1. The molecule has 0 aliphatic carbocycles. The summed E-state index contributed by atoms with van der Waals surface area (Å²) in [7, 11) is -2.51. The van der Waals surface area contributed by atoms with Crippen LogP contribution in [0, 0.1) is 6.92 Å². The Morgan fingerprint density at radius 1 is 1.03 bits per heavy atom. The molecule has 0 atom stereocenters. The van der Waals surface area contributed by atoms with Gasteiger partial charge in [-0.1, -0.05) is 42.0 Å². The highest BCUT2D eigenvalue weighted by atomic mass is 32.2. The van der Waals surface area contributed by atoms with Gasteiger partial charge in [0, 0.05) is 0 Å². The standard InChI is InChI=1S/C22H21NO5S/c1-15-8-10-20(19(12-15)22(24)25)23-29(26,27)21-11-9-18(28-2)14-17(21)13-16-6-4-3-5-7-16/h3-12,14,23H,13H2,1-2H3,(H,24,25). The number of methoxy groups -OCH3 is 1. The smallest absolute Gasteiger partial charge is 0.337 e. The van der Waals surface area contributed by atoms with Gasteiger partial charge in [-0.3, -0.25) is 4.72 Å². The number of hydrogen-bond donors (Lipinski definition) is 2. The first kappa shape index (κ1) is 20.4. The molecule has 3 aromatic carbocycles. The molecule has 6 nitrogen and oxygen atoms in total. The van der Waals surface area contributed by atoms with Gasteiger partial charge in [0.05, 0.1) is 23.3 Å². The number of carboxylic acid groups (broad SMARTS) is 1. The average Bonchev–Trinajstić information content (AvgIpc) is 2.69. The normalized spacial score (nSPS) is 11.1. The Morgan fingerprint density at radius 3 is 2.41 bits per heavy atom. The van der Waals surface area contributed by atoms with Crippen LogP contribution >= 0.6 is 0 Å². The van der Waals surface area contributed by atoms with Gasteiger partial charge in [-0.05, 0) is 54.8 Å². The molecule has 7 heteroatoms. The summed E-state index contributed by atoms with van der Waals surface area (Å²) in [5.74, 6) is -0.665. The van der Waals surface area contributed by atoms with Crippen molar-refractivity contribution in [3.8, 4) is 5.75 Å². The number of nitrogens with one attached hydrogen (secondary N) is 1. The lowest BCUT2D eigenvalue weighted by molar-refractivity contribution is 0.0698. The molecular weight excluding hydrogens is 390 g/mol. The molecule has 0 fully saturated rings. The zero-order chi connectivity index (χ0) is 21.0. The van der Waals surface area contributed by atoms with Crippen LogP contribution in [0.1, 0.15) is 27.0 Å². The van der Waals surface area contributed by atoms with E-state index >= 15 is 0 Å². The number of benzene rings is 3. The fourth-order valence-corrected chi connectivity index (χ4v) is 4.32. The minimum absolute atomic E-state index is 0.0181. The highest BCUT2D eigenvalue weighted by molar-refractivity contribution is 7.92. The SMILES string of the molecule is COc1ccc(S(=O)(=O)Nc2ccc(C)cc2C(=O)O)c(Cc2ccccc2)c1. The van der Waals surface area contributed by atoms with Crippen molar-refractivity contribution in [2.45, 2.75) is 18.2 Å². The molecular formula is C22H21NO5S. The van der Waals surface area contributed by atoms with Gasteiger partial charge in [-0.25, -0.2) is 13.2 Å². The van der Waals surface area contributed by atoms with Crippen molar-refractivity contribution in [2.75, 3.05) is 11.8 Å². The monoisotopic (exact) mass is 411 g/mol. The minimum Gasteiger partial charge on any atom is -0.497 e. The molecule has 0 unspecified atom stereocenters.